The molecule has 8 aliphatic rings. The minimum absolute atomic E-state index is 0.328. The third-order valence-corrected chi connectivity index (χ3v) is 10.8. The Kier molecular flexibility index (Phi) is 8.99. The van der Waals surface area contributed by atoms with Crippen LogP contribution in [0, 0.1) is 46.3 Å². The summed E-state index contributed by atoms with van der Waals surface area (Å²) in [5.74, 6) is 6.27. The number of hydrogen-bond acceptors (Lipinski definition) is 3. The van der Waals surface area contributed by atoms with Crippen molar-refractivity contribution in [3.05, 3.63) is 12.7 Å². The van der Waals surface area contributed by atoms with Gasteiger partial charge in [-0.05, 0) is 155 Å². The lowest BCUT2D eigenvalue weighted by Gasteiger charge is -2.56. The van der Waals surface area contributed by atoms with Crippen molar-refractivity contribution in [3.63, 3.8) is 0 Å². The fourth-order valence-corrected chi connectivity index (χ4v) is 10.3. The van der Waals surface area contributed by atoms with Crippen LogP contribution < -0.4 is 0 Å². The first-order valence-electron chi connectivity index (χ1n) is 15.5. The van der Waals surface area contributed by atoms with Crippen LogP contribution in [0.4, 0.5) is 0 Å². The summed E-state index contributed by atoms with van der Waals surface area (Å²) in [4.78, 5) is 0. The average Bonchev–Trinajstić information content (AvgIpc) is 2.80. The highest BCUT2D eigenvalue weighted by Gasteiger charge is 2.51. The van der Waals surface area contributed by atoms with Crippen LogP contribution in [0.15, 0.2) is 12.7 Å². The van der Waals surface area contributed by atoms with Gasteiger partial charge in [0, 0.05) is 19.8 Å². The van der Waals surface area contributed by atoms with Crippen LogP contribution in [0.25, 0.3) is 0 Å². The summed E-state index contributed by atoms with van der Waals surface area (Å²) in [7, 11) is 0. The Bertz CT molecular complexity index is 599. The minimum Gasteiger partial charge on any atom is -0.396 e. The zero-order valence-electron chi connectivity index (χ0n) is 22.6. The SMILES string of the molecule is C=CCCCOCC12CC3CC(CC(C3)C1)C2.OCCCCCOCC12CC3CC(CC(C3)C1)C2. The van der Waals surface area contributed by atoms with E-state index in [0.717, 1.165) is 94.0 Å². The first-order chi connectivity index (χ1) is 17.1. The van der Waals surface area contributed by atoms with E-state index in [-0.39, 0.29) is 0 Å². The second-order valence-corrected chi connectivity index (χ2v) is 14.2. The molecule has 8 bridgehead atoms. The molecule has 0 unspecified atom stereocenters. The van der Waals surface area contributed by atoms with Gasteiger partial charge in [0.2, 0.25) is 0 Å². The zero-order chi connectivity index (χ0) is 24.1. The van der Waals surface area contributed by atoms with Gasteiger partial charge in [-0.15, -0.1) is 6.58 Å². The van der Waals surface area contributed by atoms with Gasteiger partial charge in [-0.3, -0.25) is 0 Å². The Morgan fingerprint density at radius 2 is 1.00 bits per heavy atom. The predicted molar refractivity (Wildman–Crippen MR) is 143 cm³/mol. The summed E-state index contributed by atoms with van der Waals surface area (Å²) in [6.07, 6.45) is 25.4. The van der Waals surface area contributed by atoms with Crippen molar-refractivity contribution in [1.82, 2.24) is 0 Å². The molecule has 8 rings (SSSR count). The molecular formula is C32H54O3. The smallest absolute Gasteiger partial charge is 0.0522 e. The van der Waals surface area contributed by atoms with E-state index in [2.05, 4.69) is 6.58 Å². The van der Waals surface area contributed by atoms with Crippen molar-refractivity contribution in [2.75, 3.05) is 33.0 Å². The molecule has 3 nitrogen and oxygen atoms in total. The molecule has 8 fully saturated rings. The second-order valence-electron chi connectivity index (χ2n) is 14.2. The predicted octanol–water partition coefficient (Wildman–Crippen LogP) is 7.57. The normalized spacial score (nSPS) is 42.2. The molecule has 200 valence electrons. The van der Waals surface area contributed by atoms with Crippen LogP contribution >= 0.6 is 0 Å². The zero-order valence-corrected chi connectivity index (χ0v) is 22.6. The lowest BCUT2D eigenvalue weighted by molar-refractivity contribution is -0.0966. The highest BCUT2D eigenvalue weighted by atomic mass is 16.5. The molecule has 0 aromatic rings. The summed E-state index contributed by atoms with van der Waals surface area (Å²) in [5, 5.41) is 8.74. The van der Waals surface area contributed by atoms with Crippen LogP contribution in [-0.4, -0.2) is 38.1 Å². The third kappa shape index (κ3) is 6.74. The van der Waals surface area contributed by atoms with E-state index in [1.165, 1.54) is 77.0 Å². The number of unbranched alkanes of at least 4 members (excludes halogenated alkanes) is 3. The van der Waals surface area contributed by atoms with Gasteiger partial charge in [-0.25, -0.2) is 0 Å². The Morgan fingerprint density at radius 1 is 0.600 bits per heavy atom. The molecule has 0 spiro atoms. The van der Waals surface area contributed by atoms with Gasteiger partial charge >= 0.3 is 0 Å². The highest BCUT2D eigenvalue weighted by Crippen LogP contribution is 2.61. The van der Waals surface area contributed by atoms with Crippen LogP contribution in [0.1, 0.15) is 109 Å². The van der Waals surface area contributed by atoms with E-state index in [9.17, 15) is 0 Å². The maximum Gasteiger partial charge on any atom is 0.0522 e. The van der Waals surface area contributed by atoms with Crippen LogP contribution in [0.3, 0.4) is 0 Å². The highest BCUT2D eigenvalue weighted by molar-refractivity contribution is 5.02. The molecule has 0 amide bonds. The van der Waals surface area contributed by atoms with Crippen molar-refractivity contribution in [3.8, 4) is 0 Å². The van der Waals surface area contributed by atoms with Crippen LogP contribution in [0.5, 0.6) is 0 Å². The molecule has 35 heavy (non-hydrogen) atoms. The van der Waals surface area contributed by atoms with Crippen LogP contribution in [0.2, 0.25) is 0 Å². The summed E-state index contributed by atoms with van der Waals surface area (Å²) < 4.78 is 12.0. The molecule has 8 saturated carbocycles. The Morgan fingerprint density at radius 3 is 1.37 bits per heavy atom. The van der Waals surface area contributed by atoms with Crippen molar-refractivity contribution in [1.29, 1.82) is 0 Å². The van der Waals surface area contributed by atoms with Crippen LogP contribution in [-0.2, 0) is 9.47 Å². The van der Waals surface area contributed by atoms with Crippen molar-refractivity contribution >= 4 is 0 Å². The largest absolute Gasteiger partial charge is 0.396 e. The van der Waals surface area contributed by atoms with Gasteiger partial charge in [-0.1, -0.05) is 6.08 Å². The number of hydrogen-bond donors (Lipinski definition) is 1. The van der Waals surface area contributed by atoms with E-state index >= 15 is 0 Å². The molecule has 1 N–H and O–H groups in total. The summed E-state index contributed by atoms with van der Waals surface area (Å²) in [5.41, 5.74) is 1.18. The van der Waals surface area contributed by atoms with Gasteiger partial charge in [0.25, 0.3) is 0 Å². The lowest BCUT2D eigenvalue weighted by Crippen LogP contribution is -2.48. The fraction of sp³-hybridized carbons (Fsp3) is 0.938. The Labute approximate surface area is 215 Å². The molecule has 0 aliphatic heterocycles. The average molecular weight is 487 g/mol. The van der Waals surface area contributed by atoms with E-state index < -0.39 is 0 Å². The number of aliphatic hydroxyl groups excluding tert-OH is 1. The van der Waals surface area contributed by atoms with Crippen molar-refractivity contribution in [2.24, 2.45) is 46.3 Å². The summed E-state index contributed by atoms with van der Waals surface area (Å²) >= 11 is 0. The van der Waals surface area contributed by atoms with E-state index in [0.29, 0.717) is 17.4 Å². The maximum atomic E-state index is 8.74. The monoisotopic (exact) mass is 486 g/mol. The van der Waals surface area contributed by atoms with Gasteiger partial charge in [0.1, 0.15) is 0 Å². The third-order valence-electron chi connectivity index (χ3n) is 10.8. The quantitative estimate of drug-likeness (QED) is 0.215. The van der Waals surface area contributed by atoms with E-state index in [1.54, 1.807) is 0 Å². The molecule has 3 heteroatoms. The first kappa shape index (κ1) is 26.2. The Hall–Kier alpha value is -0.380. The molecule has 0 radical (unpaired) electrons. The van der Waals surface area contributed by atoms with Gasteiger partial charge in [0.15, 0.2) is 0 Å². The first-order valence-corrected chi connectivity index (χ1v) is 15.5. The standard InChI is InChI=1S/C16H28O2.C16H26O/c17-4-2-1-3-5-18-12-16-9-13-6-14(10-16)8-15(7-13)11-16;1-2-3-4-5-17-12-16-9-13-6-14(10-16)8-15(7-13)11-16/h13-15,17H,1-12H2;2,13-15H,1,3-12H2. The molecule has 0 aromatic carbocycles. The molecule has 0 atom stereocenters. The van der Waals surface area contributed by atoms with Gasteiger partial charge < -0.3 is 14.6 Å². The second kappa shape index (κ2) is 12.0. The van der Waals surface area contributed by atoms with E-state index in [4.69, 9.17) is 14.6 Å². The molecule has 0 saturated heterocycles. The molecular weight excluding hydrogens is 432 g/mol. The van der Waals surface area contributed by atoms with E-state index in [1.807, 2.05) is 6.08 Å². The van der Waals surface area contributed by atoms with Gasteiger partial charge in [-0.2, -0.15) is 0 Å². The molecule has 0 heterocycles. The number of allylic oxidation sites excluding steroid dienone is 1. The lowest BCUT2D eigenvalue weighted by atomic mass is 9.50. The Balaban J connectivity index is 0.000000145. The molecule has 0 aromatic heterocycles. The topological polar surface area (TPSA) is 38.7 Å². The molecule has 8 aliphatic carbocycles. The maximum absolute atomic E-state index is 8.74. The minimum atomic E-state index is 0.328. The fourth-order valence-electron chi connectivity index (χ4n) is 10.3. The van der Waals surface area contributed by atoms with Crippen molar-refractivity contribution < 1.29 is 14.6 Å². The number of aliphatic hydroxyl groups is 1. The number of rotatable bonds is 13. The number of ether oxygens (including phenoxy) is 2. The summed E-state index contributed by atoms with van der Waals surface area (Å²) in [6, 6.07) is 0. The summed E-state index contributed by atoms with van der Waals surface area (Å²) in [6.45, 7) is 8.00. The van der Waals surface area contributed by atoms with Crippen molar-refractivity contribution in [2.45, 2.75) is 109 Å². The van der Waals surface area contributed by atoms with Gasteiger partial charge in [0.05, 0.1) is 13.2 Å².